The molecule has 0 atom stereocenters. The summed E-state index contributed by atoms with van der Waals surface area (Å²) in [4.78, 5) is 4.73. The van der Waals surface area contributed by atoms with E-state index in [0.717, 1.165) is 85.5 Å². The molecule has 0 fully saturated rings. The highest BCUT2D eigenvalue weighted by atomic mass is 35.5. The first-order chi connectivity index (χ1) is 25.4. The second-order valence-corrected chi connectivity index (χ2v) is 21.1. The van der Waals surface area contributed by atoms with E-state index in [1.54, 1.807) is 0 Å². The van der Waals surface area contributed by atoms with Crippen molar-refractivity contribution in [3.63, 3.8) is 0 Å². The first kappa shape index (κ1) is 35.9. The van der Waals surface area contributed by atoms with E-state index in [2.05, 4.69) is 150 Å². The van der Waals surface area contributed by atoms with Crippen LogP contribution < -0.4 is 9.80 Å². The minimum absolute atomic E-state index is 0.252. The molecule has 0 aliphatic heterocycles. The molecule has 0 amide bonds. The van der Waals surface area contributed by atoms with Crippen LogP contribution in [0.15, 0.2) is 84.9 Å². The van der Waals surface area contributed by atoms with Crippen molar-refractivity contribution in [3.05, 3.63) is 139 Å². The fourth-order valence-corrected chi connectivity index (χ4v) is 11.0. The smallest absolute Gasteiger partial charge is 0.0888 e. The van der Waals surface area contributed by atoms with E-state index in [4.69, 9.17) is 23.2 Å². The summed E-state index contributed by atoms with van der Waals surface area (Å²) in [5.74, 6) is 0. The van der Waals surface area contributed by atoms with Crippen LogP contribution in [0.25, 0.3) is 0 Å². The number of hydrogen-bond acceptors (Lipinski definition) is 2. The molecule has 9 rings (SSSR count). The van der Waals surface area contributed by atoms with Gasteiger partial charge in [0, 0.05) is 27.8 Å². The van der Waals surface area contributed by atoms with Crippen LogP contribution in [0.5, 0.6) is 0 Å². The summed E-state index contributed by atoms with van der Waals surface area (Å²) in [7, 11) is 0. The van der Waals surface area contributed by atoms with Gasteiger partial charge in [0.15, 0.2) is 0 Å². The van der Waals surface area contributed by atoms with Gasteiger partial charge < -0.3 is 9.80 Å². The Bertz CT molecular complexity index is 2050. The van der Waals surface area contributed by atoms with Gasteiger partial charge in [-0.2, -0.15) is 0 Å². The first-order valence-corrected chi connectivity index (χ1v) is 20.7. The highest BCUT2D eigenvalue weighted by Gasteiger charge is 2.34. The number of hydrogen-bond donors (Lipinski definition) is 0. The predicted molar refractivity (Wildman–Crippen MR) is 231 cm³/mol. The molecule has 5 aromatic rings. The molecule has 0 unspecified atom stereocenters. The lowest BCUT2D eigenvalue weighted by molar-refractivity contribution is 0.392. The Morgan fingerprint density at radius 3 is 0.852 bits per heavy atom. The molecule has 0 spiro atoms. The Morgan fingerprint density at radius 2 is 0.593 bits per heavy atom. The van der Waals surface area contributed by atoms with Crippen LogP contribution in [0.3, 0.4) is 0 Å². The molecule has 0 saturated carbocycles. The lowest BCUT2D eigenvalue weighted by Crippen LogP contribution is -2.15. The van der Waals surface area contributed by atoms with Crippen molar-refractivity contribution in [1.82, 2.24) is 0 Å². The minimum Gasteiger partial charge on any atom is -0.309 e. The van der Waals surface area contributed by atoms with Crippen LogP contribution in [0.1, 0.15) is 99.9 Å². The van der Waals surface area contributed by atoms with E-state index in [-0.39, 0.29) is 21.7 Å². The lowest BCUT2D eigenvalue weighted by Gasteiger charge is -2.32. The van der Waals surface area contributed by atoms with Crippen molar-refractivity contribution in [3.8, 4) is 0 Å². The maximum absolute atomic E-state index is 7.88. The van der Waals surface area contributed by atoms with Gasteiger partial charge in [-0.25, -0.2) is 0 Å². The van der Waals surface area contributed by atoms with Crippen molar-refractivity contribution < 1.29 is 0 Å². The fourth-order valence-electron chi connectivity index (χ4n) is 10.5. The lowest BCUT2D eigenvalue weighted by atomic mass is 9.90. The molecule has 0 heterocycles. The fraction of sp³-hybridized carbons (Fsp3) is 0.400. The summed E-state index contributed by atoms with van der Waals surface area (Å²) < 4.78 is 0. The second kappa shape index (κ2) is 12.4. The normalized spacial score (nSPS) is 19.3. The third kappa shape index (κ3) is 6.56. The topological polar surface area (TPSA) is 6.48 Å². The van der Waals surface area contributed by atoms with Crippen molar-refractivity contribution in [1.29, 1.82) is 0 Å². The monoisotopic (exact) mass is 752 g/mol. The van der Waals surface area contributed by atoms with Gasteiger partial charge in [0.2, 0.25) is 0 Å². The van der Waals surface area contributed by atoms with Gasteiger partial charge in [-0.1, -0.05) is 103 Å². The molecule has 54 heavy (non-hydrogen) atoms. The molecule has 0 radical (unpaired) electrons. The van der Waals surface area contributed by atoms with E-state index in [0.29, 0.717) is 10.0 Å². The van der Waals surface area contributed by atoms with Gasteiger partial charge in [-0.15, -0.1) is 0 Å². The van der Waals surface area contributed by atoms with E-state index in [1.807, 2.05) is 0 Å². The second-order valence-electron chi connectivity index (χ2n) is 20.3. The minimum atomic E-state index is 0.252. The summed E-state index contributed by atoms with van der Waals surface area (Å²) in [6.07, 6.45) is 8.66. The largest absolute Gasteiger partial charge is 0.309 e. The highest BCUT2D eigenvalue weighted by Crippen LogP contribution is 2.52. The Labute approximate surface area is 333 Å². The third-order valence-electron chi connectivity index (χ3n) is 12.6. The zero-order chi connectivity index (χ0) is 37.9. The summed E-state index contributed by atoms with van der Waals surface area (Å²) in [5.41, 5.74) is 18.7. The van der Waals surface area contributed by atoms with Crippen molar-refractivity contribution in [2.24, 2.45) is 21.7 Å². The Morgan fingerprint density at radius 1 is 0.352 bits per heavy atom. The molecule has 4 aliphatic carbocycles. The standard InChI is InChI=1S/C50H54Cl2N2/c1-47(2)23-31-9-13-40(17-35(31)27-47)53(41-14-10-32-24-48(3,4)28-36(32)18-41)44-21-39(51)22-45(46(44)52)54(42-15-11-33-25-49(5,6)29-37(33)19-42)43-16-12-34-26-50(7,8)30-38(34)20-43/h9-22H,23-30H2,1-8H3. The summed E-state index contributed by atoms with van der Waals surface area (Å²) >= 11 is 15.2. The van der Waals surface area contributed by atoms with Gasteiger partial charge in [0.25, 0.3) is 0 Å². The molecular weight excluding hydrogens is 699 g/mol. The number of halogens is 2. The molecule has 4 aliphatic rings. The third-order valence-corrected chi connectivity index (χ3v) is 13.2. The molecule has 5 aromatic carbocycles. The van der Waals surface area contributed by atoms with Gasteiger partial charge in [0.1, 0.15) is 0 Å². The Kier molecular flexibility index (Phi) is 8.25. The van der Waals surface area contributed by atoms with Gasteiger partial charge in [-0.3, -0.25) is 0 Å². The Balaban J connectivity index is 1.24. The maximum atomic E-state index is 7.88. The van der Waals surface area contributed by atoms with Crippen LogP contribution in [0.2, 0.25) is 10.0 Å². The zero-order valence-electron chi connectivity index (χ0n) is 33.4. The molecule has 0 aromatic heterocycles. The number of benzene rings is 5. The van der Waals surface area contributed by atoms with E-state index < -0.39 is 0 Å². The van der Waals surface area contributed by atoms with Gasteiger partial charge >= 0.3 is 0 Å². The molecule has 2 nitrogen and oxygen atoms in total. The van der Waals surface area contributed by atoms with Crippen molar-refractivity contribution >= 4 is 57.3 Å². The zero-order valence-corrected chi connectivity index (χ0v) is 34.9. The average Bonchev–Trinajstić information content (AvgIpc) is 3.77. The van der Waals surface area contributed by atoms with E-state index >= 15 is 0 Å². The highest BCUT2D eigenvalue weighted by molar-refractivity contribution is 6.38. The van der Waals surface area contributed by atoms with Crippen LogP contribution in [0, 0.1) is 21.7 Å². The van der Waals surface area contributed by atoms with Crippen LogP contribution in [-0.4, -0.2) is 0 Å². The molecule has 4 heteroatoms. The SMILES string of the molecule is CC1(C)Cc2ccc(N(c3ccc4c(c3)CC(C)(C)C4)c3cc(Cl)cc(N(c4ccc5c(c4)CC(C)(C)C5)c4ccc5c(c4)CC(C)(C)C5)c3Cl)cc2C1. The number of nitrogens with zero attached hydrogens (tertiary/aromatic N) is 2. The predicted octanol–water partition coefficient (Wildman–Crippen LogP) is 14.4. The molecule has 278 valence electrons. The molecule has 0 N–H and O–H groups in total. The van der Waals surface area contributed by atoms with Gasteiger partial charge in [-0.05, 0) is 178 Å². The van der Waals surface area contributed by atoms with Crippen molar-refractivity contribution in [2.75, 3.05) is 9.80 Å². The van der Waals surface area contributed by atoms with Crippen LogP contribution >= 0.6 is 23.2 Å². The van der Waals surface area contributed by atoms with E-state index in [1.165, 1.54) is 44.5 Å². The molecular formula is C50H54Cl2N2. The van der Waals surface area contributed by atoms with Crippen LogP contribution in [0.4, 0.5) is 34.1 Å². The van der Waals surface area contributed by atoms with Crippen molar-refractivity contribution in [2.45, 2.75) is 107 Å². The molecule has 0 bridgehead atoms. The maximum Gasteiger partial charge on any atom is 0.0888 e. The summed E-state index contributed by atoms with van der Waals surface area (Å²) in [5, 5.41) is 1.34. The summed E-state index contributed by atoms with van der Waals surface area (Å²) in [6.45, 7) is 19.0. The number of rotatable bonds is 6. The van der Waals surface area contributed by atoms with E-state index in [9.17, 15) is 0 Å². The number of anilines is 6. The first-order valence-electron chi connectivity index (χ1n) is 20.0. The molecule has 0 saturated heterocycles. The van der Waals surface area contributed by atoms with Gasteiger partial charge in [0.05, 0.1) is 16.4 Å². The quantitative estimate of drug-likeness (QED) is 0.170. The number of fused-ring (bicyclic) bond motifs is 4. The summed E-state index contributed by atoms with van der Waals surface area (Å²) in [6, 6.07) is 32.3. The van der Waals surface area contributed by atoms with Crippen LogP contribution in [-0.2, 0) is 51.4 Å². The average molecular weight is 754 g/mol. The Hall–Kier alpha value is -3.72.